The number of nitriles is 1. The molecule has 1 aliphatic heterocycles. The summed E-state index contributed by atoms with van der Waals surface area (Å²) < 4.78 is 0. The third kappa shape index (κ3) is 5.08. The quantitative estimate of drug-likeness (QED) is 0.827. The Bertz CT molecular complexity index is 849. The third-order valence-electron chi connectivity index (χ3n) is 4.53. The molecule has 6 heteroatoms. The van der Waals surface area contributed by atoms with Gasteiger partial charge in [-0.05, 0) is 48.7 Å². The van der Waals surface area contributed by atoms with Crippen LogP contribution in [0.1, 0.15) is 34.3 Å². The largest absolute Gasteiger partial charge is 0.376 e. The lowest BCUT2D eigenvalue weighted by Gasteiger charge is -2.15. The first-order chi connectivity index (χ1) is 13.2. The molecule has 138 valence electrons. The fraction of sp³-hybridized carbons (Fsp3) is 0.286. The number of anilines is 1. The van der Waals surface area contributed by atoms with Gasteiger partial charge < -0.3 is 15.5 Å². The molecule has 2 aromatic carbocycles. The van der Waals surface area contributed by atoms with Crippen molar-refractivity contribution in [3.05, 3.63) is 65.2 Å². The van der Waals surface area contributed by atoms with E-state index in [4.69, 9.17) is 5.26 Å². The highest BCUT2D eigenvalue weighted by Gasteiger charge is 2.19. The van der Waals surface area contributed by atoms with Crippen molar-refractivity contribution in [2.45, 2.75) is 19.4 Å². The van der Waals surface area contributed by atoms with Crippen LogP contribution in [0.25, 0.3) is 0 Å². The molecule has 0 bridgehead atoms. The Morgan fingerprint density at radius 1 is 1.07 bits per heavy atom. The van der Waals surface area contributed by atoms with Crippen molar-refractivity contribution in [3.63, 3.8) is 0 Å². The van der Waals surface area contributed by atoms with Crippen LogP contribution in [0.3, 0.4) is 0 Å². The molecule has 1 saturated heterocycles. The number of likely N-dealkylation sites (tertiary alicyclic amines) is 1. The van der Waals surface area contributed by atoms with Crippen LogP contribution in [0.5, 0.6) is 0 Å². The van der Waals surface area contributed by atoms with Gasteiger partial charge in [0.25, 0.3) is 5.91 Å². The molecular formula is C21H22N4O2. The Kier molecular flexibility index (Phi) is 6.06. The van der Waals surface area contributed by atoms with Crippen LogP contribution in [-0.4, -0.2) is 36.3 Å². The van der Waals surface area contributed by atoms with Gasteiger partial charge in [-0.15, -0.1) is 0 Å². The molecule has 1 fully saturated rings. The molecular weight excluding hydrogens is 340 g/mol. The van der Waals surface area contributed by atoms with E-state index in [1.54, 1.807) is 18.2 Å². The zero-order chi connectivity index (χ0) is 19.1. The van der Waals surface area contributed by atoms with Crippen molar-refractivity contribution in [2.75, 3.05) is 25.0 Å². The van der Waals surface area contributed by atoms with Crippen LogP contribution in [0, 0.1) is 11.3 Å². The van der Waals surface area contributed by atoms with Crippen LogP contribution in [0.2, 0.25) is 0 Å². The number of carbonyl (C=O) groups excluding carboxylic acids is 2. The Labute approximate surface area is 158 Å². The second-order valence-electron chi connectivity index (χ2n) is 6.52. The van der Waals surface area contributed by atoms with Crippen LogP contribution < -0.4 is 10.6 Å². The average molecular weight is 362 g/mol. The van der Waals surface area contributed by atoms with Crippen molar-refractivity contribution in [2.24, 2.45) is 0 Å². The number of amides is 2. The summed E-state index contributed by atoms with van der Waals surface area (Å²) in [6, 6.07) is 16.4. The molecule has 0 aromatic heterocycles. The van der Waals surface area contributed by atoms with Gasteiger partial charge in [0, 0.05) is 30.9 Å². The zero-order valence-corrected chi connectivity index (χ0v) is 15.1. The summed E-state index contributed by atoms with van der Waals surface area (Å²) in [5, 5.41) is 14.7. The molecule has 1 heterocycles. The normalized spacial score (nSPS) is 13.1. The topological polar surface area (TPSA) is 85.2 Å². The predicted molar refractivity (Wildman–Crippen MR) is 103 cm³/mol. The molecule has 1 aliphatic rings. The van der Waals surface area contributed by atoms with Crippen molar-refractivity contribution in [1.82, 2.24) is 10.2 Å². The number of benzene rings is 2. The van der Waals surface area contributed by atoms with Crippen LogP contribution >= 0.6 is 0 Å². The van der Waals surface area contributed by atoms with Gasteiger partial charge in [-0.2, -0.15) is 5.26 Å². The zero-order valence-electron chi connectivity index (χ0n) is 15.1. The number of rotatable bonds is 6. The highest BCUT2D eigenvalue weighted by atomic mass is 16.2. The second-order valence-corrected chi connectivity index (χ2v) is 6.52. The van der Waals surface area contributed by atoms with E-state index in [2.05, 4.69) is 16.7 Å². The van der Waals surface area contributed by atoms with Crippen LogP contribution in [0.15, 0.2) is 48.5 Å². The molecule has 3 rings (SSSR count). The number of nitrogens with zero attached hydrogens (tertiary/aromatic N) is 2. The molecule has 2 N–H and O–H groups in total. The van der Waals surface area contributed by atoms with Gasteiger partial charge in [0.1, 0.15) is 0 Å². The summed E-state index contributed by atoms with van der Waals surface area (Å²) in [6.45, 7) is 2.19. The summed E-state index contributed by atoms with van der Waals surface area (Å²) in [7, 11) is 0. The van der Waals surface area contributed by atoms with Crippen LogP contribution in [0.4, 0.5) is 5.69 Å². The van der Waals surface area contributed by atoms with Crippen molar-refractivity contribution < 1.29 is 9.59 Å². The number of hydrogen-bond donors (Lipinski definition) is 2. The SMILES string of the molecule is N#Cc1cccc(NCC(=O)NCc2ccc(C(=O)N3CCCC3)cc2)c1. The first-order valence-corrected chi connectivity index (χ1v) is 9.04. The number of carbonyl (C=O) groups is 2. The minimum absolute atomic E-state index is 0.0758. The van der Waals surface area contributed by atoms with Gasteiger partial charge >= 0.3 is 0 Å². The first kappa shape index (κ1) is 18.5. The van der Waals surface area contributed by atoms with E-state index in [1.165, 1.54) is 0 Å². The first-order valence-electron chi connectivity index (χ1n) is 9.04. The summed E-state index contributed by atoms with van der Waals surface area (Å²) in [5.74, 6) is -0.0681. The fourth-order valence-corrected chi connectivity index (χ4v) is 3.01. The Morgan fingerprint density at radius 3 is 2.52 bits per heavy atom. The molecule has 0 radical (unpaired) electrons. The lowest BCUT2D eigenvalue weighted by molar-refractivity contribution is -0.119. The minimum Gasteiger partial charge on any atom is -0.376 e. The van der Waals surface area contributed by atoms with Gasteiger partial charge in [0.05, 0.1) is 18.2 Å². The molecule has 0 unspecified atom stereocenters. The van der Waals surface area contributed by atoms with E-state index in [0.717, 1.165) is 37.2 Å². The monoisotopic (exact) mass is 362 g/mol. The maximum atomic E-state index is 12.3. The summed E-state index contributed by atoms with van der Waals surface area (Å²) in [4.78, 5) is 26.2. The van der Waals surface area contributed by atoms with E-state index in [-0.39, 0.29) is 18.4 Å². The second kappa shape index (κ2) is 8.86. The lowest BCUT2D eigenvalue weighted by atomic mass is 10.1. The van der Waals surface area contributed by atoms with Crippen LogP contribution in [-0.2, 0) is 11.3 Å². The van der Waals surface area contributed by atoms with Crippen molar-refractivity contribution in [3.8, 4) is 6.07 Å². The maximum absolute atomic E-state index is 12.3. The Hall–Kier alpha value is -3.33. The van der Waals surface area contributed by atoms with Crippen molar-refractivity contribution >= 4 is 17.5 Å². The summed E-state index contributed by atoms with van der Waals surface area (Å²) >= 11 is 0. The molecule has 2 aromatic rings. The van der Waals surface area contributed by atoms with Gasteiger partial charge in [-0.1, -0.05) is 18.2 Å². The van der Waals surface area contributed by atoms with E-state index >= 15 is 0 Å². The Balaban J connectivity index is 1.45. The van der Waals surface area contributed by atoms with Gasteiger partial charge in [0.2, 0.25) is 5.91 Å². The van der Waals surface area contributed by atoms with E-state index < -0.39 is 0 Å². The van der Waals surface area contributed by atoms with E-state index in [1.807, 2.05) is 35.2 Å². The maximum Gasteiger partial charge on any atom is 0.253 e. The lowest BCUT2D eigenvalue weighted by Crippen LogP contribution is -2.29. The highest BCUT2D eigenvalue weighted by Crippen LogP contribution is 2.13. The molecule has 27 heavy (non-hydrogen) atoms. The summed E-state index contributed by atoms with van der Waals surface area (Å²) in [6.07, 6.45) is 2.15. The molecule has 0 saturated carbocycles. The smallest absolute Gasteiger partial charge is 0.253 e. The van der Waals surface area contributed by atoms with Gasteiger partial charge in [-0.25, -0.2) is 0 Å². The van der Waals surface area contributed by atoms with E-state index in [9.17, 15) is 9.59 Å². The molecule has 0 atom stereocenters. The molecule has 0 aliphatic carbocycles. The highest BCUT2D eigenvalue weighted by molar-refractivity contribution is 5.94. The fourth-order valence-electron chi connectivity index (χ4n) is 3.01. The number of nitrogens with one attached hydrogen (secondary N) is 2. The number of hydrogen-bond acceptors (Lipinski definition) is 4. The molecule has 6 nitrogen and oxygen atoms in total. The van der Waals surface area contributed by atoms with E-state index in [0.29, 0.717) is 17.7 Å². The summed E-state index contributed by atoms with van der Waals surface area (Å²) in [5.41, 5.74) is 2.90. The molecule has 0 spiro atoms. The predicted octanol–water partition coefficient (Wildman–Crippen LogP) is 2.52. The molecule has 2 amide bonds. The van der Waals surface area contributed by atoms with Gasteiger partial charge in [0.15, 0.2) is 0 Å². The Morgan fingerprint density at radius 2 is 1.81 bits per heavy atom. The van der Waals surface area contributed by atoms with Gasteiger partial charge in [-0.3, -0.25) is 9.59 Å². The minimum atomic E-state index is -0.144. The average Bonchev–Trinajstić information content (AvgIpc) is 3.25. The van der Waals surface area contributed by atoms with Crippen molar-refractivity contribution in [1.29, 1.82) is 5.26 Å². The third-order valence-corrected chi connectivity index (χ3v) is 4.53. The standard InChI is InChI=1S/C21H22N4O2/c22-13-17-4-3-5-19(12-17)23-15-20(26)24-14-16-6-8-18(9-7-16)21(27)25-10-1-2-11-25/h3-9,12,23H,1-2,10-11,14-15H2,(H,24,26).